The van der Waals surface area contributed by atoms with E-state index in [2.05, 4.69) is 20.6 Å². The molecule has 6 nitrogen and oxygen atoms in total. The van der Waals surface area contributed by atoms with Crippen molar-refractivity contribution >= 4 is 6.03 Å². The molecule has 0 saturated heterocycles. The van der Waals surface area contributed by atoms with Gasteiger partial charge in [-0.05, 0) is 30.9 Å². The van der Waals surface area contributed by atoms with E-state index in [1.807, 2.05) is 45.0 Å². The summed E-state index contributed by atoms with van der Waals surface area (Å²) < 4.78 is 0. The topological polar surface area (TPSA) is 87.1 Å². The first-order valence-corrected chi connectivity index (χ1v) is 8.59. The highest BCUT2D eigenvalue weighted by molar-refractivity contribution is 5.74. The van der Waals surface area contributed by atoms with Gasteiger partial charge in [0.2, 0.25) is 0 Å². The van der Waals surface area contributed by atoms with Crippen LogP contribution in [0.1, 0.15) is 45.2 Å². The molecule has 134 valence electrons. The van der Waals surface area contributed by atoms with E-state index in [0.717, 1.165) is 16.7 Å². The van der Waals surface area contributed by atoms with Crippen LogP contribution in [0.25, 0.3) is 11.1 Å². The molecule has 0 bridgehead atoms. The Balaban J connectivity index is 1.92. The molecule has 1 heterocycles. The summed E-state index contributed by atoms with van der Waals surface area (Å²) in [6.45, 7) is 5.98. The molecule has 2 rings (SSSR count). The van der Waals surface area contributed by atoms with Crippen molar-refractivity contribution in [3.8, 4) is 11.1 Å². The zero-order chi connectivity index (χ0) is 18.3. The van der Waals surface area contributed by atoms with Crippen LogP contribution in [-0.4, -0.2) is 33.3 Å². The summed E-state index contributed by atoms with van der Waals surface area (Å²) >= 11 is 0. The number of benzene rings is 1. The molecular formula is C19H26N4O2. The Kier molecular flexibility index (Phi) is 6.47. The second-order valence-corrected chi connectivity index (χ2v) is 6.23. The van der Waals surface area contributed by atoms with Gasteiger partial charge in [0.1, 0.15) is 6.33 Å². The van der Waals surface area contributed by atoms with Gasteiger partial charge >= 0.3 is 6.03 Å². The van der Waals surface area contributed by atoms with Crippen LogP contribution in [0.3, 0.4) is 0 Å². The van der Waals surface area contributed by atoms with Gasteiger partial charge in [-0.1, -0.05) is 38.1 Å². The third kappa shape index (κ3) is 5.26. The smallest absolute Gasteiger partial charge is 0.315 e. The summed E-state index contributed by atoms with van der Waals surface area (Å²) in [5.74, 6) is 0. The van der Waals surface area contributed by atoms with E-state index in [9.17, 15) is 9.90 Å². The highest BCUT2D eigenvalue weighted by atomic mass is 16.3. The number of nitrogens with zero attached hydrogens (tertiary/aromatic N) is 2. The number of aliphatic hydroxyl groups is 1. The number of carbonyl (C=O) groups excluding carboxylic acids is 1. The fourth-order valence-corrected chi connectivity index (χ4v) is 2.49. The first kappa shape index (κ1) is 18.9. The third-order valence-corrected chi connectivity index (χ3v) is 4.55. The van der Waals surface area contributed by atoms with Crippen LogP contribution in [0.2, 0.25) is 0 Å². The van der Waals surface area contributed by atoms with Gasteiger partial charge in [-0.3, -0.25) is 0 Å². The van der Waals surface area contributed by atoms with Crippen LogP contribution in [0, 0.1) is 0 Å². The van der Waals surface area contributed by atoms with Gasteiger partial charge in [0, 0.05) is 24.5 Å². The molecule has 2 amide bonds. The van der Waals surface area contributed by atoms with Gasteiger partial charge in [0.15, 0.2) is 0 Å². The molecule has 0 aliphatic rings. The molecule has 1 aromatic carbocycles. The van der Waals surface area contributed by atoms with Crippen molar-refractivity contribution < 1.29 is 9.90 Å². The lowest BCUT2D eigenvalue weighted by molar-refractivity contribution is 0.0349. The molecule has 25 heavy (non-hydrogen) atoms. The second-order valence-electron chi connectivity index (χ2n) is 6.23. The molecule has 1 unspecified atom stereocenters. The maximum absolute atomic E-state index is 12.0. The van der Waals surface area contributed by atoms with Gasteiger partial charge in [0.05, 0.1) is 11.6 Å². The zero-order valence-electron chi connectivity index (χ0n) is 15.0. The van der Waals surface area contributed by atoms with Gasteiger partial charge in [-0.15, -0.1) is 0 Å². The van der Waals surface area contributed by atoms with Crippen molar-refractivity contribution in [2.45, 2.75) is 45.3 Å². The Morgan fingerprint density at radius 1 is 1.12 bits per heavy atom. The highest BCUT2D eigenvalue weighted by Crippen LogP contribution is 2.20. The minimum absolute atomic E-state index is 0.141. The SMILES string of the molecule is CCC(O)(CC)CNC(=O)NC(C)c1ccc(-c2cncnc2)cc1. The van der Waals surface area contributed by atoms with Crippen molar-refractivity contribution in [3.63, 3.8) is 0 Å². The number of hydrogen-bond donors (Lipinski definition) is 3. The Morgan fingerprint density at radius 3 is 2.28 bits per heavy atom. The van der Waals surface area contributed by atoms with E-state index >= 15 is 0 Å². The number of carbonyl (C=O) groups is 1. The van der Waals surface area contributed by atoms with Gasteiger partial charge in [0.25, 0.3) is 0 Å². The largest absolute Gasteiger partial charge is 0.388 e. The molecule has 0 saturated carbocycles. The minimum atomic E-state index is -0.847. The lowest BCUT2D eigenvalue weighted by Gasteiger charge is -2.26. The summed E-state index contributed by atoms with van der Waals surface area (Å²) in [5, 5.41) is 15.9. The second kappa shape index (κ2) is 8.58. The summed E-state index contributed by atoms with van der Waals surface area (Å²) in [7, 11) is 0. The van der Waals surface area contributed by atoms with Gasteiger partial charge in [-0.2, -0.15) is 0 Å². The number of aromatic nitrogens is 2. The maximum Gasteiger partial charge on any atom is 0.315 e. The lowest BCUT2D eigenvalue weighted by atomic mass is 9.98. The molecule has 1 atom stereocenters. The summed E-state index contributed by atoms with van der Waals surface area (Å²) in [6.07, 6.45) is 6.23. The van der Waals surface area contributed by atoms with E-state index in [1.54, 1.807) is 12.4 Å². The summed E-state index contributed by atoms with van der Waals surface area (Å²) in [6, 6.07) is 7.49. The van der Waals surface area contributed by atoms with Crippen molar-refractivity contribution in [1.29, 1.82) is 0 Å². The number of hydrogen-bond acceptors (Lipinski definition) is 4. The number of nitrogens with one attached hydrogen (secondary N) is 2. The molecule has 0 spiro atoms. The predicted molar refractivity (Wildman–Crippen MR) is 97.9 cm³/mol. The normalized spacial score (nSPS) is 12.5. The Morgan fingerprint density at radius 2 is 1.72 bits per heavy atom. The predicted octanol–water partition coefficient (Wildman–Crippen LogP) is 3.05. The highest BCUT2D eigenvalue weighted by Gasteiger charge is 2.23. The Hall–Kier alpha value is -2.47. The van der Waals surface area contributed by atoms with Crippen LogP contribution in [0.15, 0.2) is 43.0 Å². The lowest BCUT2D eigenvalue weighted by Crippen LogP contribution is -2.46. The molecule has 2 aromatic rings. The molecule has 1 aromatic heterocycles. The monoisotopic (exact) mass is 342 g/mol. The molecule has 0 radical (unpaired) electrons. The Bertz CT molecular complexity index is 670. The van der Waals surface area contributed by atoms with Crippen LogP contribution < -0.4 is 10.6 Å². The third-order valence-electron chi connectivity index (χ3n) is 4.55. The summed E-state index contributed by atoms with van der Waals surface area (Å²) in [5.41, 5.74) is 2.12. The number of urea groups is 1. The van der Waals surface area contributed by atoms with E-state index in [-0.39, 0.29) is 18.6 Å². The standard InChI is InChI=1S/C19H26N4O2/c1-4-19(25,5-2)12-22-18(24)23-14(3)15-6-8-16(9-7-15)17-10-20-13-21-11-17/h6-11,13-14,25H,4-5,12H2,1-3H3,(H2,22,23,24). The average Bonchev–Trinajstić information content (AvgIpc) is 2.67. The van der Waals surface area contributed by atoms with Gasteiger partial charge < -0.3 is 15.7 Å². The van der Waals surface area contributed by atoms with E-state index in [4.69, 9.17) is 0 Å². The zero-order valence-corrected chi connectivity index (χ0v) is 15.0. The quantitative estimate of drug-likeness (QED) is 0.722. The Labute approximate surface area is 148 Å². The molecule has 0 fully saturated rings. The van der Waals surface area contributed by atoms with Crippen LogP contribution in [0.5, 0.6) is 0 Å². The van der Waals surface area contributed by atoms with E-state index < -0.39 is 5.60 Å². The first-order chi connectivity index (χ1) is 12.0. The van der Waals surface area contributed by atoms with Crippen molar-refractivity contribution in [2.75, 3.05) is 6.54 Å². The molecule has 0 aliphatic carbocycles. The van der Waals surface area contributed by atoms with Crippen molar-refractivity contribution in [1.82, 2.24) is 20.6 Å². The molecular weight excluding hydrogens is 316 g/mol. The minimum Gasteiger partial charge on any atom is -0.388 e. The average molecular weight is 342 g/mol. The first-order valence-electron chi connectivity index (χ1n) is 8.59. The van der Waals surface area contributed by atoms with Crippen LogP contribution >= 0.6 is 0 Å². The van der Waals surface area contributed by atoms with E-state index in [0.29, 0.717) is 12.8 Å². The summed E-state index contributed by atoms with van der Waals surface area (Å²) in [4.78, 5) is 20.1. The van der Waals surface area contributed by atoms with Crippen molar-refractivity contribution in [3.05, 3.63) is 48.5 Å². The van der Waals surface area contributed by atoms with Gasteiger partial charge in [-0.25, -0.2) is 14.8 Å². The van der Waals surface area contributed by atoms with E-state index in [1.165, 1.54) is 6.33 Å². The molecule has 3 N–H and O–H groups in total. The van der Waals surface area contributed by atoms with Crippen LogP contribution in [-0.2, 0) is 0 Å². The molecule has 0 aliphatic heterocycles. The van der Waals surface area contributed by atoms with Crippen molar-refractivity contribution in [2.24, 2.45) is 0 Å². The van der Waals surface area contributed by atoms with Crippen LogP contribution in [0.4, 0.5) is 4.79 Å². The fraction of sp³-hybridized carbons (Fsp3) is 0.421. The number of amides is 2. The fourth-order valence-electron chi connectivity index (χ4n) is 2.49. The maximum atomic E-state index is 12.0. The molecule has 6 heteroatoms. The number of rotatable bonds is 7.